The predicted molar refractivity (Wildman–Crippen MR) is 65.3 cm³/mol. The number of pyridine rings is 1. The second kappa shape index (κ2) is 4.37. The van der Waals surface area contributed by atoms with Crippen molar-refractivity contribution in [1.82, 2.24) is 9.55 Å². The summed E-state index contributed by atoms with van der Waals surface area (Å²) in [5, 5.41) is 9.39. The molecule has 0 fully saturated rings. The van der Waals surface area contributed by atoms with Crippen LogP contribution in [0.1, 0.15) is 15.9 Å². The lowest BCUT2D eigenvalue weighted by molar-refractivity contribution is -0.138. The number of alkyl halides is 3. The van der Waals surface area contributed by atoms with Crippen LogP contribution in [-0.2, 0) is 6.18 Å². The Labute approximate surface area is 115 Å². The van der Waals surface area contributed by atoms with Gasteiger partial charge in [0, 0.05) is 18.6 Å². The number of hydrogen-bond donors (Lipinski definition) is 1. The van der Waals surface area contributed by atoms with Crippen molar-refractivity contribution in [3.05, 3.63) is 48.1 Å². The minimum Gasteiger partial charge on any atom is -0.478 e. The van der Waals surface area contributed by atoms with Crippen molar-refractivity contribution in [2.75, 3.05) is 0 Å². The molecule has 5 nitrogen and oxygen atoms in total. The molecule has 0 amide bonds. The number of aromatic nitrogens is 2. The SMILES string of the molecule is O=C(O)c1cn(-c2nccc3occc23)cc1C(F)(F)F. The van der Waals surface area contributed by atoms with Gasteiger partial charge in [0.25, 0.3) is 0 Å². The standard InChI is InChI=1S/C13H7F3N2O3/c14-13(15,16)9-6-18(5-8(9)12(19)20)11-7-2-4-21-10(7)1-3-17-11/h1-6H,(H,19,20). The molecule has 0 atom stereocenters. The molecule has 0 aliphatic carbocycles. The van der Waals surface area contributed by atoms with Crippen LogP contribution in [0.15, 0.2) is 41.4 Å². The highest BCUT2D eigenvalue weighted by Crippen LogP contribution is 2.34. The molecule has 3 aromatic rings. The highest BCUT2D eigenvalue weighted by Gasteiger charge is 2.37. The van der Waals surface area contributed by atoms with Crippen molar-refractivity contribution in [2.45, 2.75) is 6.18 Å². The van der Waals surface area contributed by atoms with Gasteiger partial charge in [0.15, 0.2) is 0 Å². The molecule has 0 spiro atoms. The molecule has 0 aromatic carbocycles. The number of carbonyl (C=O) groups is 1. The number of fused-ring (bicyclic) bond motifs is 1. The van der Waals surface area contributed by atoms with Gasteiger partial charge in [0.2, 0.25) is 0 Å². The number of hydrogen-bond acceptors (Lipinski definition) is 3. The average Bonchev–Trinajstić information content (AvgIpc) is 3.04. The van der Waals surface area contributed by atoms with Gasteiger partial charge in [-0.1, -0.05) is 0 Å². The number of carboxylic acids is 1. The monoisotopic (exact) mass is 296 g/mol. The largest absolute Gasteiger partial charge is 0.478 e. The molecule has 21 heavy (non-hydrogen) atoms. The first kappa shape index (κ1) is 13.2. The van der Waals surface area contributed by atoms with Crippen LogP contribution in [0.5, 0.6) is 0 Å². The summed E-state index contributed by atoms with van der Waals surface area (Å²) in [5.41, 5.74) is -1.61. The molecule has 0 aliphatic rings. The van der Waals surface area contributed by atoms with Gasteiger partial charge in [0.1, 0.15) is 11.4 Å². The smallest absolute Gasteiger partial charge is 0.418 e. The molecule has 3 rings (SSSR count). The first-order valence-electron chi connectivity index (χ1n) is 5.73. The number of nitrogens with zero attached hydrogens (tertiary/aromatic N) is 2. The lowest BCUT2D eigenvalue weighted by atomic mass is 10.2. The minimum absolute atomic E-state index is 0.166. The molecular formula is C13H7F3N2O3. The number of aromatic carboxylic acids is 1. The zero-order chi connectivity index (χ0) is 15.2. The summed E-state index contributed by atoms with van der Waals surface area (Å²) in [6, 6.07) is 3.11. The zero-order valence-corrected chi connectivity index (χ0v) is 10.3. The van der Waals surface area contributed by atoms with E-state index in [1.807, 2.05) is 0 Å². The van der Waals surface area contributed by atoms with E-state index in [4.69, 9.17) is 9.52 Å². The average molecular weight is 296 g/mol. The zero-order valence-electron chi connectivity index (χ0n) is 10.3. The van der Waals surface area contributed by atoms with Crippen LogP contribution in [-0.4, -0.2) is 20.6 Å². The molecule has 0 radical (unpaired) electrons. The second-order valence-electron chi connectivity index (χ2n) is 4.26. The second-order valence-corrected chi connectivity index (χ2v) is 4.26. The highest BCUT2D eigenvalue weighted by atomic mass is 19.4. The maximum atomic E-state index is 12.9. The van der Waals surface area contributed by atoms with Crippen LogP contribution in [0.4, 0.5) is 13.2 Å². The Morgan fingerprint density at radius 1 is 1.29 bits per heavy atom. The Morgan fingerprint density at radius 3 is 2.67 bits per heavy atom. The maximum absolute atomic E-state index is 12.9. The highest BCUT2D eigenvalue weighted by molar-refractivity contribution is 5.90. The normalized spacial score (nSPS) is 12.0. The van der Waals surface area contributed by atoms with Gasteiger partial charge in [0.05, 0.1) is 22.8 Å². The van der Waals surface area contributed by atoms with E-state index in [-0.39, 0.29) is 5.82 Å². The van der Waals surface area contributed by atoms with Gasteiger partial charge in [-0.3, -0.25) is 0 Å². The predicted octanol–water partition coefficient (Wildman–Crippen LogP) is 3.34. The molecule has 1 N–H and O–H groups in total. The van der Waals surface area contributed by atoms with Gasteiger partial charge < -0.3 is 14.1 Å². The Kier molecular flexibility index (Phi) is 2.75. The fourth-order valence-corrected chi connectivity index (χ4v) is 2.06. The van der Waals surface area contributed by atoms with E-state index >= 15 is 0 Å². The van der Waals surface area contributed by atoms with E-state index < -0.39 is 23.3 Å². The summed E-state index contributed by atoms with van der Waals surface area (Å²) in [7, 11) is 0. The van der Waals surface area contributed by atoms with Gasteiger partial charge in [-0.25, -0.2) is 9.78 Å². The molecular weight excluding hydrogens is 289 g/mol. The minimum atomic E-state index is -4.76. The van der Waals surface area contributed by atoms with Crippen molar-refractivity contribution >= 4 is 16.9 Å². The van der Waals surface area contributed by atoms with Crippen LogP contribution in [0.3, 0.4) is 0 Å². The molecule has 0 saturated heterocycles. The molecule has 3 heterocycles. The lowest BCUT2D eigenvalue weighted by Gasteiger charge is -2.04. The van der Waals surface area contributed by atoms with Gasteiger partial charge in [-0.15, -0.1) is 0 Å². The van der Waals surface area contributed by atoms with Crippen LogP contribution in [0.2, 0.25) is 0 Å². The van der Waals surface area contributed by atoms with Crippen molar-refractivity contribution in [2.24, 2.45) is 0 Å². The van der Waals surface area contributed by atoms with Crippen molar-refractivity contribution in [3.63, 3.8) is 0 Å². The summed E-state index contributed by atoms with van der Waals surface area (Å²) in [5.74, 6) is -1.49. The molecule has 3 aromatic heterocycles. The molecule has 8 heteroatoms. The molecule has 0 bridgehead atoms. The summed E-state index contributed by atoms with van der Waals surface area (Å²) in [6.45, 7) is 0. The first-order chi connectivity index (χ1) is 9.88. The summed E-state index contributed by atoms with van der Waals surface area (Å²) in [4.78, 5) is 15.0. The summed E-state index contributed by atoms with van der Waals surface area (Å²) in [6.07, 6.45) is -0.418. The first-order valence-corrected chi connectivity index (χ1v) is 5.73. The van der Waals surface area contributed by atoms with E-state index in [9.17, 15) is 18.0 Å². The van der Waals surface area contributed by atoms with Crippen LogP contribution in [0.25, 0.3) is 16.8 Å². The van der Waals surface area contributed by atoms with E-state index in [2.05, 4.69) is 4.98 Å². The third-order valence-corrected chi connectivity index (χ3v) is 2.97. The molecule has 108 valence electrons. The van der Waals surface area contributed by atoms with E-state index in [0.717, 1.165) is 10.8 Å². The third kappa shape index (κ3) is 2.14. The van der Waals surface area contributed by atoms with E-state index in [1.54, 1.807) is 12.1 Å². The molecule has 0 unspecified atom stereocenters. The summed E-state index contributed by atoms with van der Waals surface area (Å²) < 4.78 is 44.8. The van der Waals surface area contributed by atoms with Gasteiger partial charge in [-0.05, 0) is 12.1 Å². The van der Waals surface area contributed by atoms with Crippen molar-refractivity contribution in [3.8, 4) is 5.82 Å². The van der Waals surface area contributed by atoms with Crippen LogP contribution in [0, 0.1) is 0 Å². The number of rotatable bonds is 2. The fraction of sp³-hybridized carbons (Fsp3) is 0.0769. The Balaban J connectivity index is 2.24. The van der Waals surface area contributed by atoms with Gasteiger partial charge in [-0.2, -0.15) is 13.2 Å². The molecule has 0 aliphatic heterocycles. The summed E-state index contributed by atoms with van der Waals surface area (Å²) >= 11 is 0. The topological polar surface area (TPSA) is 68.3 Å². The third-order valence-electron chi connectivity index (χ3n) is 2.97. The Hall–Kier alpha value is -2.77. The van der Waals surface area contributed by atoms with Crippen LogP contribution < -0.4 is 0 Å². The quantitative estimate of drug-likeness (QED) is 0.787. The van der Waals surface area contributed by atoms with Crippen molar-refractivity contribution < 1.29 is 27.5 Å². The molecule has 0 saturated carbocycles. The van der Waals surface area contributed by atoms with E-state index in [0.29, 0.717) is 17.2 Å². The maximum Gasteiger partial charge on any atom is 0.418 e. The van der Waals surface area contributed by atoms with Crippen LogP contribution >= 0.6 is 0 Å². The number of halogens is 3. The fourth-order valence-electron chi connectivity index (χ4n) is 2.06. The Morgan fingerprint density at radius 2 is 2.05 bits per heavy atom. The number of carboxylic acid groups (broad SMARTS) is 1. The van der Waals surface area contributed by atoms with Crippen molar-refractivity contribution in [1.29, 1.82) is 0 Å². The van der Waals surface area contributed by atoms with E-state index in [1.165, 1.54) is 12.5 Å². The Bertz CT molecular complexity index is 833. The van der Waals surface area contributed by atoms with Gasteiger partial charge >= 0.3 is 12.1 Å². The number of furan rings is 1. The lowest BCUT2D eigenvalue weighted by Crippen LogP contribution is -2.09.